The van der Waals surface area contributed by atoms with E-state index in [4.69, 9.17) is 0 Å². The van der Waals surface area contributed by atoms with Crippen LogP contribution < -0.4 is 0 Å². The third-order valence-corrected chi connectivity index (χ3v) is 2.45. The molecule has 1 aliphatic rings. The zero-order valence-electron chi connectivity index (χ0n) is 7.09. The third-order valence-electron chi connectivity index (χ3n) is 2.45. The van der Waals surface area contributed by atoms with Crippen LogP contribution in [-0.4, -0.2) is 29.8 Å². The highest BCUT2D eigenvalue weighted by Crippen LogP contribution is 2.32. The van der Waals surface area contributed by atoms with Crippen molar-refractivity contribution >= 4 is 0 Å². The molecule has 1 aliphatic heterocycles. The zero-order chi connectivity index (χ0) is 7.78. The van der Waals surface area contributed by atoms with Gasteiger partial charge < -0.3 is 5.11 Å². The zero-order valence-corrected chi connectivity index (χ0v) is 7.09. The highest BCUT2D eigenvalue weighted by atomic mass is 16.3. The summed E-state index contributed by atoms with van der Waals surface area (Å²) in [5.74, 6) is 0. The highest BCUT2D eigenvalue weighted by molar-refractivity contribution is 4.81. The van der Waals surface area contributed by atoms with Crippen molar-refractivity contribution in [2.24, 2.45) is 5.41 Å². The summed E-state index contributed by atoms with van der Waals surface area (Å²) in [4.78, 5) is 2.02. The van der Waals surface area contributed by atoms with E-state index in [0.717, 1.165) is 13.0 Å². The average Bonchev–Trinajstić information content (AvgIpc) is 1.83. The number of likely N-dealkylation sites (tertiary alicyclic amines) is 1. The largest absolute Gasteiger partial charge is 0.378 e. The highest BCUT2D eigenvalue weighted by Gasteiger charge is 2.33. The molecular formula is C8H17NO. The standard InChI is InChI=1S/C8H17NO/c1-8(2)5-4-6-9(3)7(8)10/h7,10H,4-6H2,1-3H3. The SMILES string of the molecule is CN1CCCC(C)(C)C1O. The lowest BCUT2D eigenvalue weighted by molar-refractivity contribution is -0.0929. The normalized spacial score (nSPS) is 34.2. The van der Waals surface area contributed by atoms with Gasteiger partial charge in [-0.2, -0.15) is 0 Å². The number of hydrogen-bond acceptors (Lipinski definition) is 2. The minimum Gasteiger partial charge on any atom is -0.378 e. The molecule has 0 spiro atoms. The van der Waals surface area contributed by atoms with Crippen molar-refractivity contribution in [2.75, 3.05) is 13.6 Å². The molecule has 10 heavy (non-hydrogen) atoms. The molecule has 1 heterocycles. The van der Waals surface area contributed by atoms with Gasteiger partial charge in [0, 0.05) is 12.0 Å². The summed E-state index contributed by atoms with van der Waals surface area (Å²) in [5.41, 5.74) is 0.0903. The van der Waals surface area contributed by atoms with E-state index in [2.05, 4.69) is 13.8 Å². The molecule has 1 unspecified atom stereocenters. The molecule has 1 saturated heterocycles. The van der Waals surface area contributed by atoms with Crippen molar-refractivity contribution in [3.05, 3.63) is 0 Å². The molecule has 2 nitrogen and oxygen atoms in total. The molecule has 0 amide bonds. The van der Waals surface area contributed by atoms with Crippen LogP contribution in [0.1, 0.15) is 26.7 Å². The molecular weight excluding hydrogens is 126 g/mol. The molecule has 0 aromatic rings. The third kappa shape index (κ3) is 1.32. The molecule has 1 N–H and O–H groups in total. The maximum Gasteiger partial charge on any atom is 0.112 e. The van der Waals surface area contributed by atoms with Crippen LogP contribution in [0.5, 0.6) is 0 Å². The summed E-state index contributed by atoms with van der Waals surface area (Å²) in [7, 11) is 1.98. The Kier molecular flexibility index (Phi) is 2.02. The van der Waals surface area contributed by atoms with Gasteiger partial charge in [0.2, 0.25) is 0 Å². The second-order valence-electron chi connectivity index (χ2n) is 3.95. The van der Waals surface area contributed by atoms with Gasteiger partial charge in [-0.25, -0.2) is 0 Å². The molecule has 0 bridgehead atoms. The lowest BCUT2D eigenvalue weighted by atomic mass is 9.82. The van der Waals surface area contributed by atoms with E-state index in [9.17, 15) is 5.11 Å². The summed E-state index contributed by atoms with van der Waals surface area (Å²) in [5, 5.41) is 9.63. The Bertz CT molecular complexity index is 122. The fourth-order valence-corrected chi connectivity index (χ4v) is 1.63. The Morgan fingerprint density at radius 1 is 1.50 bits per heavy atom. The Balaban J connectivity index is 2.60. The number of nitrogens with zero attached hydrogens (tertiary/aromatic N) is 1. The molecule has 1 fully saturated rings. The van der Waals surface area contributed by atoms with Gasteiger partial charge in [0.25, 0.3) is 0 Å². The number of piperidine rings is 1. The smallest absolute Gasteiger partial charge is 0.112 e. The van der Waals surface area contributed by atoms with Crippen molar-refractivity contribution in [2.45, 2.75) is 32.9 Å². The monoisotopic (exact) mass is 143 g/mol. The molecule has 60 valence electrons. The first-order valence-electron chi connectivity index (χ1n) is 3.92. The van der Waals surface area contributed by atoms with Crippen molar-refractivity contribution in [3.8, 4) is 0 Å². The average molecular weight is 143 g/mol. The quantitative estimate of drug-likeness (QED) is 0.548. The Morgan fingerprint density at radius 3 is 2.50 bits per heavy atom. The van der Waals surface area contributed by atoms with Crippen LogP contribution in [0.3, 0.4) is 0 Å². The summed E-state index contributed by atoms with van der Waals surface area (Å²) < 4.78 is 0. The second kappa shape index (κ2) is 2.51. The van der Waals surface area contributed by atoms with Crippen molar-refractivity contribution in [3.63, 3.8) is 0 Å². The first kappa shape index (κ1) is 8.02. The van der Waals surface area contributed by atoms with Crippen LogP contribution in [0.4, 0.5) is 0 Å². The number of aliphatic hydroxyl groups is 1. The Labute approximate surface area is 62.8 Å². The fraction of sp³-hybridized carbons (Fsp3) is 1.00. The van der Waals surface area contributed by atoms with Gasteiger partial charge in [-0.15, -0.1) is 0 Å². The summed E-state index contributed by atoms with van der Waals surface area (Å²) in [6.45, 7) is 5.27. The van der Waals surface area contributed by atoms with Crippen LogP contribution in [0.15, 0.2) is 0 Å². The topological polar surface area (TPSA) is 23.5 Å². The van der Waals surface area contributed by atoms with Gasteiger partial charge in [-0.05, 0) is 19.9 Å². The summed E-state index contributed by atoms with van der Waals surface area (Å²) in [6, 6.07) is 0. The van der Waals surface area contributed by atoms with Crippen LogP contribution in [0.2, 0.25) is 0 Å². The molecule has 1 atom stereocenters. The first-order chi connectivity index (χ1) is 4.54. The minimum atomic E-state index is -0.249. The van der Waals surface area contributed by atoms with Crippen LogP contribution in [0.25, 0.3) is 0 Å². The summed E-state index contributed by atoms with van der Waals surface area (Å²) in [6.07, 6.45) is 2.10. The van der Waals surface area contributed by atoms with Crippen LogP contribution >= 0.6 is 0 Å². The Morgan fingerprint density at radius 2 is 2.10 bits per heavy atom. The van der Waals surface area contributed by atoms with E-state index in [1.807, 2.05) is 11.9 Å². The van der Waals surface area contributed by atoms with Gasteiger partial charge in [0.05, 0.1) is 0 Å². The van der Waals surface area contributed by atoms with Gasteiger partial charge in [0.1, 0.15) is 6.23 Å². The minimum absolute atomic E-state index is 0.0903. The maximum atomic E-state index is 9.63. The Hall–Kier alpha value is -0.0800. The van der Waals surface area contributed by atoms with Crippen molar-refractivity contribution in [1.29, 1.82) is 0 Å². The number of hydrogen-bond donors (Lipinski definition) is 1. The van der Waals surface area contributed by atoms with E-state index >= 15 is 0 Å². The lowest BCUT2D eigenvalue weighted by Gasteiger charge is -2.41. The molecule has 0 aromatic carbocycles. The number of aliphatic hydroxyl groups excluding tert-OH is 1. The van der Waals surface area contributed by atoms with Gasteiger partial charge in [-0.1, -0.05) is 13.8 Å². The second-order valence-corrected chi connectivity index (χ2v) is 3.95. The van der Waals surface area contributed by atoms with Crippen LogP contribution in [0, 0.1) is 5.41 Å². The van der Waals surface area contributed by atoms with Gasteiger partial charge >= 0.3 is 0 Å². The van der Waals surface area contributed by atoms with Crippen molar-refractivity contribution in [1.82, 2.24) is 4.90 Å². The van der Waals surface area contributed by atoms with E-state index in [1.54, 1.807) is 0 Å². The molecule has 0 aliphatic carbocycles. The van der Waals surface area contributed by atoms with E-state index in [0.29, 0.717) is 0 Å². The number of rotatable bonds is 0. The molecule has 2 heteroatoms. The predicted molar refractivity (Wildman–Crippen MR) is 41.7 cm³/mol. The van der Waals surface area contributed by atoms with E-state index < -0.39 is 0 Å². The molecule has 0 aromatic heterocycles. The molecule has 1 rings (SSSR count). The van der Waals surface area contributed by atoms with E-state index in [-0.39, 0.29) is 11.6 Å². The maximum absolute atomic E-state index is 9.63. The van der Waals surface area contributed by atoms with Crippen molar-refractivity contribution < 1.29 is 5.11 Å². The predicted octanol–water partition coefficient (Wildman–Crippen LogP) is 1.06. The summed E-state index contributed by atoms with van der Waals surface area (Å²) >= 11 is 0. The first-order valence-corrected chi connectivity index (χ1v) is 3.92. The van der Waals surface area contributed by atoms with Crippen LogP contribution in [-0.2, 0) is 0 Å². The van der Waals surface area contributed by atoms with Gasteiger partial charge in [0.15, 0.2) is 0 Å². The van der Waals surface area contributed by atoms with E-state index in [1.165, 1.54) is 6.42 Å². The van der Waals surface area contributed by atoms with Gasteiger partial charge in [-0.3, -0.25) is 4.90 Å². The molecule has 0 radical (unpaired) electrons. The fourth-order valence-electron chi connectivity index (χ4n) is 1.63. The molecule has 0 saturated carbocycles. The lowest BCUT2D eigenvalue weighted by Crippen LogP contribution is -2.47.